The average Bonchev–Trinajstić information content (AvgIpc) is 2.15. The van der Waals surface area contributed by atoms with E-state index < -0.39 is 20.8 Å². The molecule has 1 aromatic carbocycles. The van der Waals surface area contributed by atoms with Crippen LogP contribution in [-0.2, 0) is 20.8 Å². The molecule has 0 fully saturated rings. The molecule has 1 aromatic rings. The molecule has 1 heterocycles. The van der Waals surface area contributed by atoms with E-state index in [0.29, 0.717) is 10.7 Å². The molecule has 0 amide bonds. The summed E-state index contributed by atoms with van der Waals surface area (Å²) in [5.74, 6) is 0. The molecule has 1 unspecified atom stereocenters. The molecule has 1 atom stereocenters. The van der Waals surface area contributed by atoms with Crippen LogP contribution in [0, 0.1) is 0 Å². The molecule has 0 aliphatic carbocycles. The van der Waals surface area contributed by atoms with Crippen molar-refractivity contribution in [2.45, 2.75) is 4.90 Å². The minimum absolute atomic E-state index is 0.0334. The Hall–Kier alpha value is -0.920. The zero-order valence-electron chi connectivity index (χ0n) is 8.10. The molecule has 1 N–H and O–H groups in total. The summed E-state index contributed by atoms with van der Waals surface area (Å²) in [6.07, 6.45) is 1.34. The topological polar surface area (TPSA) is 75.6 Å². The van der Waals surface area contributed by atoms with Crippen molar-refractivity contribution in [2.75, 3.05) is 11.6 Å². The minimum atomic E-state index is -3.78. The molecule has 5 nitrogen and oxygen atoms in total. The Balaban J connectivity index is 2.66. The van der Waals surface area contributed by atoms with Crippen LogP contribution < -0.4 is 5.32 Å². The van der Waals surface area contributed by atoms with Crippen molar-refractivity contribution in [3.63, 3.8) is 0 Å². The van der Waals surface area contributed by atoms with Crippen LogP contribution in [0.15, 0.2) is 27.5 Å². The first-order valence-corrected chi connectivity index (χ1v) is 7.53. The lowest BCUT2D eigenvalue weighted by Gasteiger charge is -2.16. The molecule has 0 saturated heterocycles. The number of anilines is 1. The van der Waals surface area contributed by atoms with Gasteiger partial charge in [0.25, 0.3) is 10.0 Å². The molecule has 1 aliphatic heterocycles. The second-order valence-corrected chi connectivity index (χ2v) is 6.40. The number of hydrogen-bond donors (Lipinski definition) is 1. The van der Waals surface area contributed by atoms with Gasteiger partial charge in [0, 0.05) is 11.3 Å². The number of nitrogens with one attached hydrogen (secondary N) is 1. The van der Waals surface area contributed by atoms with Gasteiger partial charge in [0.1, 0.15) is 4.90 Å². The van der Waals surface area contributed by atoms with Gasteiger partial charge in [0.05, 0.1) is 16.5 Å². The third-order valence-corrected chi connectivity index (χ3v) is 4.36. The molecule has 0 bridgehead atoms. The molecule has 0 saturated carbocycles. The first-order chi connectivity index (χ1) is 7.40. The summed E-state index contributed by atoms with van der Waals surface area (Å²) in [7, 11) is -5.28. The van der Waals surface area contributed by atoms with E-state index in [1.165, 1.54) is 24.5 Å². The quantitative estimate of drug-likeness (QED) is 0.773. The maximum absolute atomic E-state index is 11.7. The highest BCUT2D eigenvalue weighted by molar-refractivity contribution is 8.02. The van der Waals surface area contributed by atoms with Crippen LogP contribution in [0.25, 0.3) is 0 Å². The summed E-state index contributed by atoms with van der Waals surface area (Å²) < 4.78 is 38.0. The van der Waals surface area contributed by atoms with E-state index in [1.807, 2.05) is 0 Å². The number of hydrogen-bond acceptors (Lipinski definition) is 4. The van der Waals surface area contributed by atoms with Crippen LogP contribution in [0.4, 0.5) is 5.69 Å². The van der Waals surface area contributed by atoms with Crippen molar-refractivity contribution < 1.29 is 12.6 Å². The molecule has 0 radical (unpaired) electrons. The summed E-state index contributed by atoms with van der Waals surface area (Å²) in [4.78, 5) is 0.0334. The Morgan fingerprint density at radius 2 is 2.12 bits per heavy atom. The predicted octanol–water partition coefficient (Wildman–Crippen LogP) is 1.19. The van der Waals surface area contributed by atoms with Gasteiger partial charge in [-0.3, -0.25) is 4.21 Å². The van der Waals surface area contributed by atoms with Crippen LogP contribution in [0.1, 0.15) is 0 Å². The van der Waals surface area contributed by atoms with E-state index >= 15 is 0 Å². The lowest BCUT2D eigenvalue weighted by Crippen LogP contribution is -2.24. The largest absolute Gasteiger partial charge is 0.331 e. The van der Waals surface area contributed by atoms with Crippen molar-refractivity contribution in [2.24, 2.45) is 4.40 Å². The van der Waals surface area contributed by atoms with Gasteiger partial charge in [-0.1, -0.05) is 11.6 Å². The average molecular weight is 279 g/mol. The molecule has 0 spiro atoms. The third-order valence-electron chi connectivity index (χ3n) is 1.94. The van der Waals surface area contributed by atoms with Crippen LogP contribution in [-0.4, -0.2) is 24.1 Å². The summed E-state index contributed by atoms with van der Waals surface area (Å²) in [6, 6.07) is 4.28. The zero-order valence-corrected chi connectivity index (χ0v) is 10.5. The van der Waals surface area contributed by atoms with Crippen molar-refractivity contribution in [1.29, 1.82) is 0 Å². The molecule has 0 aromatic heterocycles. The zero-order chi connectivity index (χ0) is 11.9. The summed E-state index contributed by atoms with van der Waals surface area (Å²) >= 11 is 5.75. The Morgan fingerprint density at radius 1 is 1.44 bits per heavy atom. The van der Waals surface area contributed by atoms with Gasteiger partial charge in [0.15, 0.2) is 0 Å². The standard InChI is InChI=1S/C8H7ClN2O3S2/c1-15(12)8-10-6-4-5(9)2-3-7(6)16(13,14)11-8/h2-4H,1H3,(H,10,11). The number of halogens is 1. The van der Waals surface area contributed by atoms with E-state index in [2.05, 4.69) is 9.71 Å². The Morgan fingerprint density at radius 3 is 2.75 bits per heavy atom. The summed E-state index contributed by atoms with van der Waals surface area (Å²) in [5.41, 5.74) is 0.299. The Bertz CT molecular complexity index is 610. The Kier molecular flexibility index (Phi) is 2.77. The van der Waals surface area contributed by atoms with E-state index in [4.69, 9.17) is 11.6 Å². The smallest absolute Gasteiger partial charge is 0.286 e. The van der Waals surface area contributed by atoms with Gasteiger partial charge in [0.2, 0.25) is 5.17 Å². The van der Waals surface area contributed by atoms with Crippen molar-refractivity contribution in [3.05, 3.63) is 23.2 Å². The number of amidine groups is 1. The Labute approximate surface area is 100 Å². The summed E-state index contributed by atoms with van der Waals surface area (Å²) in [6.45, 7) is 0. The van der Waals surface area contributed by atoms with Crippen LogP contribution in [0.3, 0.4) is 0 Å². The second-order valence-electron chi connectivity index (χ2n) is 3.09. The van der Waals surface area contributed by atoms with E-state index in [9.17, 15) is 12.6 Å². The van der Waals surface area contributed by atoms with E-state index in [-0.39, 0.29) is 10.1 Å². The highest BCUT2D eigenvalue weighted by Gasteiger charge is 2.26. The SMILES string of the molecule is CS(=O)C1=NS(=O)(=O)c2ccc(Cl)cc2N1. The van der Waals surface area contributed by atoms with E-state index in [0.717, 1.165) is 0 Å². The summed E-state index contributed by atoms with van der Waals surface area (Å²) in [5, 5.41) is 2.98. The van der Waals surface area contributed by atoms with Crippen molar-refractivity contribution >= 4 is 43.3 Å². The molecular formula is C8H7ClN2O3S2. The third kappa shape index (κ3) is 1.98. The van der Waals surface area contributed by atoms with Gasteiger partial charge in [-0.25, -0.2) is 0 Å². The lowest BCUT2D eigenvalue weighted by molar-refractivity contribution is 0.598. The van der Waals surface area contributed by atoms with Crippen molar-refractivity contribution in [1.82, 2.24) is 0 Å². The lowest BCUT2D eigenvalue weighted by atomic mass is 10.3. The maximum atomic E-state index is 11.7. The highest BCUT2D eigenvalue weighted by atomic mass is 35.5. The second kappa shape index (κ2) is 3.83. The fraction of sp³-hybridized carbons (Fsp3) is 0.125. The molecular weight excluding hydrogens is 272 g/mol. The predicted molar refractivity (Wildman–Crippen MR) is 63.8 cm³/mol. The first-order valence-electron chi connectivity index (χ1n) is 4.15. The first kappa shape index (κ1) is 11.6. The van der Waals surface area contributed by atoms with Crippen LogP contribution >= 0.6 is 11.6 Å². The fourth-order valence-corrected chi connectivity index (χ4v) is 3.38. The van der Waals surface area contributed by atoms with E-state index in [1.54, 1.807) is 0 Å². The van der Waals surface area contributed by atoms with Gasteiger partial charge >= 0.3 is 0 Å². The van der Waals surface area contributed by atoms with Gasteiger partial charge < -0.3 is 5.32 Å². The van der Waals surface area contributed by atoms with Gasteiger partial charge in [-0.2, -0.15) is 8.42 Å². The normalized spacial score (nSPS) is 19.2. The van der Waals surface area contributed by atoms with Gasteiger partial charge in [-0.05, 0) is 18.2 Å². The van der Waals surface area contributed by atoms with Gasteiger partial charge in [-0.15, -0.1) is 4.40 Å². The minimum Gasteiger partial charge on any atom is -0.331 e. The molecule has 86 valence electrons. The van der Waals surface area contributed by atoms with Crippen LogP contribution in [0.2, 0.25) is 5.02 Å². The number of benzene rings is 1. The monoisotopic (exact) mass is 278 g/mol. The van der Waals surface area contributed by atoms with Crippen molar-refractivity contribution in [3.8, 4) is 0 Å². The molecule has 2 rings (SSSR count). The maximum Gasteiger partial charge on any atom is 0.286 e. The molecule has 8 heteroatoms. The van der Waals surface area contributed by atoms with Crippen LogP contribution in [0.5, 0.6) is 0 Å². The molecule has 16 heavy (non-hydrogen) atoms. The highest BCUT2D eigenvalue weighted by Crippen LogP contribution is 2.29. The number of rotatable bonds is 0. The number of sulfonamides is 1. The number of fused-ring (bicyclic) bond motifs is 1. The molecule has 1 aliphatic rings. The fourth-order valence-electron chi connectivity index (χ4n) is 1.25. The number of nitrogens with zero attached hydrogens (tertiary/aromatic N) is 1.